The first-order valence-electron chi connectivity index (χ1n) is 6.08. The molecule has 3 nitrogen and oxygen atoms in total. The van der Waals surface area contributed by atoms with Gasteiger partial charge in [-0.3, -0.25) is 4.98 Å². The van der Waals surface area contributed by atoms with Crippen LogP contribution < -0.4 is 5.32 Å². The normalized spacial score (nSPS) is 10.9. The molecule has 0 saturated carbocycles. The van der Waals surface area contributed by atoms with Gasteiger partial charge in [-0.1, -0.05) is 18.2 Å². The third-order valence-electron chi connectivity index (χ3n) is 3.07. The van der Waals surface area contributed by atoms with Crippen molar-refractivity contribution in [3.05, 3.63) is 66.1 Å². The number of nitrogens with one attached hydrogen (secondary N) is 2. The number of aromatic nitrogens is 2. The van der Waals surface area contributed by atoms with Gasteiger partial charge in [-0.15, -0.1) is 0 Å². The Morgan fingerprint density at radius 1 is 1.00 bits per heavy atom. The first-order valence-corrected chi connectivity index (χ1v) is 6.08. The number of fused-ring (bicyclic) bond motifs is 1. The van der Waals surface area contributed by atoms with Crippen molar-refractivity contribution in [1.29, 1.82) is 0 Å². The molecule has 0 spiro atoms. The number of hydrogen-bond donors (Lipinski definition) is 2. The van der Waals surface area contributed by atoms with E-state index in [0.717, 1.165) is 13.1 Å². The summed E-state index contributed by atoms with van der Waals surface area (Å²) in [4.78, 5) is 7.30. The van der Waals surface area contributed by atoms with E-state index < -0.39 is 0 Å². The number of H-pyrrole nitrogens is 1. The molecule has 0 radical (unpaired) electrons. The van der Waals surface area contributed by atoms with Crippen LogP contribution in [0.1, 0.15) is 11.1 Å². The molecule has 2 N–H and O–H groups in total. The fourth-order valence-corrected chi connectivity index (χ4v) is 2.12. The number of pyridine rings is 1. The standard InChI is InChI=1S/C15H15N3/c1-2-4-15-14(3-1)13(11-18-15)10-17-9-12-5-7-16-8-6-12/h1-8,11,17-18H,9-10H2. The van der Waals surface area contributed by atoms with Gasteiger partial charge in [0.15, 0.2) is 0 Å². The lowest BCUT2D eigenvalue weighted by atomic mass is 10.2. The number of hydrogen-bond acceptors (Lipinski definition) is 2. The summed E-state index contributed by atoms with van der Waals surface area (Å²) < 4.78 is 0. The van der Waals surface area contributed by atoms with Gasteiger partial charge < -0.3 is 10.3 Å². The summed E-state index contributed by atoms with van der Waals surface area (Å²) in [5.74, 6) is 0. The molecule has 3 aromatic rings. The fourth-order valence-electron chi connectivity index (χ4n) is 2.12. The Balaban J connectivity index is 1.67. The molecule has 0 bridgehead atoms. The Morgan fingerprint density at radius 3 is 2.72 bits per heavy atom. The van der Waals surface area contributed by atoms with Crippen LogP contribution in [0.25, 0.3) is 10.9 Å². The van der Waals surface area contributed by atoms with Gasteiger partial charge in [-0.2, -0.15) is 0 Å². The van der Waals surface area contributed by atoms with Gasteiger partial charge in [0.2, 0.25) is 0 Å². The second kappa shape index (κ2) is 5.02. The monoisotopic (exact) mass is 237 g/mol. The highest BCUT2D eigenvalue weighted by molar-refractivity contribution is 5.82. The number of aromatic amines is 1. The molecule has 90 valence electrons. The quantitative estimate of drug-likeness (QED) is 0.732. The van der Waals surface area contributed by atoms with Gasteiger partial charge in [0.1, 0.15) is 0 Å². The third kappa shape index (κ3) is 2.26. The summed E-state index contributed by atoms with van der Waals surface area (Å²) in [6.45, 7) is 1.73. The van der Waals surface area contributed by atoms with E-state index in [1.165, 1.54) is 22.0 Å². The van der Waals surface area contributed by atoms with Crippen LogP contribution in [0.15, 0.2) is 55.0 Å². The van der Waals surface area contributed by atoms with Gasteiger partial charge in [-0.05, 0) is 29.3 Å². The van der Waals surface area contributed by atoms with E-state index in [1.807, 2.05) is 30.6 Å². The molecule has 18 heavy (non-hydrogen) atoms. The maximum absolute atomic E-state index is 4.01. The molecule has 2 aromatic heterocycles. The van der Waals surface area contributed by atoms with E-state index in [4.69, 9.17) is 0 Å². The minimum absolute atomic E-state index is 0.863. The van der Waals surface area contributed by atoms with Gasteiger partial charge >= 0.3 is 0 Å². The van der Waals surface area contributed by atoms with Crippen molar-refractivity contribution in [2.24, 2.45) is 0 Å². The molecule has 0 amide bonds. The van der Waals surface area contributed by atoms with Crippen molar-refractivity contribution in [2.45, 2.75) is 13.1 Å². The van der Waals surface area contributed by atoms with Crippen LogP contribution in [0.3, 0.4) is 0 Å². The summed E-state index contributed by atoms with van der Waals surface area (Å²) in [5.41, 5.74) is 3.75. The SMILES string of the molecule is c1ccc2c(CNCc3ccncc3)c[nH]c2c1. The summed E-state index contributed by atoms with van der Waals surface area (Å²) >= 11 is 0. The molecule has 2 heterocycles. The molecule has 0 aliphatic carbocycles. The van der Waals surface area contributed by atoms with Crippen LogP contribution in [0, 0.1) is 0 Å². The Labute approximate surface area is 106 Å². The van der Waals surface area contributed by atoms with Gasteiger partial charge in [0.25, 0.3) is 0 Å². The molecular formula is C15H15N3. The van der Waals surface area contributed by atoms with E-state index >= 15 is 0 Å². The van der Waals surface area contributed by atoms with Crippen molar-refractivity contribution in [2.75, 3.05) is 0 Å². The Morgan fingerprint density at radius 2 is 1.83 bits per heavy atom. The lowest BCUT2D eigenvalue weighted by Crippen LogP contribution is -2.12. The summed E-state index contributed by atoms with van der Waals surface area (Å²) in [6, 6.07) is 12.4. The Kier molecular flexibility index (Phi) is 3.07. The smallest absolute Gasteiger partial charge is 0.0457 e. The lowest BCUT2D eigenvalue weighted by molar-refractivity contribution is 0.696. The fraction of sp³-hybridized carbons (Fsp3) is 0.133. The maximum atomic E-state index is 4.01. The van der Waals surface area contributed by atoms with Crippen LogP contribution in [0.5, 0.6) is 0 Å². The van der Waals surface area contributed by atoms with E-state index in [0.29, 0.717) is 0 Å². The third-order valence-corrected chi connectivity index (χ3v) is 3.07. The van der Waals surface area contributed by atoms with Crippen LogP contribution in [-0.4, -0.2) is 9.97 Å². The second-order valence-electron chi connectivity index (χ2n) is 4.32. The van der Waals surface area contributed by atoms with E-state index in [-0.39, 0.29) is 0 Å². The van der Waals surface area contributed by atoms with Crippen molar-refractivity contribution < 1.29 is 0 Å². The highest BCUT2D eigenvalue weighted by atomic mass is 14.9. The predicted molar refractivity (Wildman–Crippen MR) is 73.1 cm³/mol. The zero-order chi connectivity index (χ0) is 12.2. The molecule has 0 saturated heterocycles. The van der Waals surface area contributed by atoms with Crippen LogP contribution in [0.2, 0.25) is 0 Å². The van der Waals surface area contributed by atoms with Crippen molar-refractivity contribution in [3.8, 4) is 0 Å². The summed E-state index contributed by atoms with van der Waals surface area (Å²) in [5, 5.41) is 4.74. The van der Waals surface area contributed by atoms with Crippen LogP contribution >= 0.6 is 0 Å². The zero-order valence-electron chi connectivity index (χ0n) is 10.1. The first-order chi connectivity index (χ1) is 8.93. The molecule has 0 fully saturated rings. The predicted octanol–water partition coefficient (Wildman–Crippen LogP) is 2.85. The highest BCUT2D eigenvalue weighted by Crippen LogP contribution is 2.17. The minimum atomic E-state index is 0.863. The second-order valence-corrected chi connectivity index (χ2v) is 4.32. The number of rotatable bonds is 4. The van der Waals surface area contributed by atoms with Crippen molar-refractivity contribution in [1.82, 2.24) is 15.3 Å². The average Bonchev–Trinajstić information content (AvgIpc) is 2.84. The summed E-state index contributed by atoms with van der Waals surface area (Å²) in [6.07, 6.45) is 5.72. The molecule has 0 atom stereocenters. The molecule has 0 unspecified atom stereocenters. The van der Waals surface area contributed by atoms with Crippen LogP contribution in [0.4, 0.5) is 0 Å². The molecule has 3 heteroatoms. The van der Waals surface area contributed by atoms with Crippen LogP contribution in [-0.2, 0) is 13.1 Å². The number of para-hydroxylation sites is 1. The van der Waals surface area contributed by atoms with Crippen molar-refractivity contribution >= 4 is 10.9 Å². The van der Waals surface area contributed by atoms with E-state index in [2.05, 4.69) is 39.7 Å². The van der Waals surface area contributed by atoms with Gasteiger partial charge in [0, 0.05) is 42.6 Å². The lowest BCUT2D eigenvalue weighted by Gasteiger charge is -2.03. The molecule has 3 rings (SSSR count). The number of benzene rings is 1. The Hall–Kier alpha value is -2.13. The number of nitrogens with zero attached hydrogens (tertiary/aromatic N) is 1. The Bertz CT molecular complexity index is 628. The molecule has 0 aliphatic heterocycles. The van der Waals surface area contributed by atoms with Gasteiger partial charge in [-0.25, -0.2) is 0 Å². The van der Waals surface area contributed by atoms with Crippen molar-refractivity contribution in [3.63, 3.8) is 0 Å². The first kappa shape index (κ1) is 11.0. The van der Waals surface area contributed by atoms with E-state index in [9.17, 15) is 0 Å². The summed E-state index contributed by atoms with van der Waals surface area (Å²) in [7, 11) is 0. The largest absolute Gasteiger partial charge is 0.361 e. The highest BCUT2D eigenvalue weighted by Gasteiger charge is 2.01. The maximum Gasteiger partial charge on any atom is 0.0457 e. The molecule has 0 aliphatic rings. The molecule has 1 aromatic carbocycles. The minimum Gasteiger partial charge on any atom is -0.361 e. The van der Waals surface area contributed by atoms with E-state index in [1.54, 1.807) is 0 Å². The topological polar surface area (TPSA) is 40.7 Å². The molecular weight excluding hydrogens is 222 g/mol. The zero-order valence-corrected chi connectivity index (χ0v) is 10.1. The van der Waals surface area contributed by atoms with Gasteiger partial charge in [0.05, 0.1) is 0 Å². The average molecular weight is 237 g/mol.